The first-order chi connectivity index (χ1) is 8.12. The third-order valence-electron chi connectivity index (χ3n) is 3.99. The minimum atomic E-state index is 0.291. The Balaban J connectivity index is 2.27. The number of hydrogen-bond acceptors (Lipinski definition) is 2. The molecule has 1 aliphatic carbocycles. The highest BCUT2D eigenvalue weighted by Gasteiger charge is 2.37. The van der Waals surface area contributed by atoms with E-state index in [0.717, 1.165) is 29.3 Å². The molecule has 1 aliphatic rings. The molecular formula is C14H20ClNO. The van der Waals surface area contributed by atoms with E-state index in [0.29, 0.717) is 5.41 Å². The van der Waals surface area contributed by atoms with Crippen LogP contribution in [-0.2, 0) is 6.42 Å². The van der Waals surface area contributed by atoms with Crippen molar-refractivity contribution in [2.75, 3.05) is 13.0 Å². The van der Waals surface area contributed by atoms with Crippen molar-refractivity contribution in [3.63, 3.8) is 0 Å². The van der Waals surface area contributed by atoms with Crippen LogP contribution in [0, 0.1) is 19.3 Å². The summed E-state index contributed by atoms with van der Waals surface area (Å²) in [7, 11) is 1.72. The number of aromatic nitrogens is 1. The van der Waals surface area contributed by atoms with Gasteiger partial charge in [0.1, 0.15) is 5.75 Å². The first-order valence-electron chi connectivity index (χ1n) is 6.17. The molecule has 3 heteroatoms. The lowest BCUT2D eigenvalue weighted by Crippen LogP contribution is -2.34. The molecule has 1 aromatic rings. The molecule has 0 aliphatic heterocycles. The number of hydrogen-bond donors (Lipinski definition) is 0. The van der Waals surface area contributed by atoms with Crippen LogP contribution in [-0.4, -0.2) is 18.0 Å². The number of aryl methyl sites for hydroxylation is 1. The third-order valence-corrected chi connectivity index (χ3v) is 4.56. The first kappa shape index (κ1) is 12.7. The van der Waals surface area contributed by atoms with E-state index >= 15 is 0 Å². The van der Waals surface area contributed by atoms with Gasteiger partial charge in [-0.05, 0) is 38.5 Å². The zero-order valence-corrected chi connectivity index (χ0v) is 11.6. The molecule has 1 fully saturated rings. The lowest BCUT2D eigenvalue weighted by Gasteiger charge is -2.40. The molecule has 0 radical (unpaired) electrons. The number of halogens is 1. The van der Waals surface area contributed by atoms with E-state index < -0.39 is 0 Å². The Morgan fingerprint density at radius 3 is 2.59 bits per heavy atom. The highest BCUT2D eigenvalue weighted by atomic mass is 35.5. The van der Waals surface area contributed by atoms with Crippen LogP contribution in [0.15, 0.2) is 6.20 Å². The minimum absolute atomic E-state index is 0.291. The quantitative estimate of drug-likeness (QED) is 0.764. The van der Waals surface area contributed by atoms with Crippen LogP contribution in [0.25, 0.3) is 0 Å². The molecule has 0 unspecified atom stereocenters. The summed E-state index contributed by atoms with van der Waals surface area (Å²) in [5.74, 6) is 1.71. The molecule has 0 atom stereocenters. The fourth-order valence-electron chi connectivity index (χ4n) is 2.64. The van der Waals surface area contributed by atoms with Gasteiger partial charge in [0.25, 0.3) is 0 Å². The van der Waals surface area contributed by atoms with Gasteiger partial charge in [-0.3, -0.25) is 4.98 Å². The lowest BCUT2D eigenvalue weighted by atomic mass is 9.67. The number of rotatable bonds is 4. The van der Waals surface area contributed by atoms with Gasteiger partial charge < -0.3 is 4.74 Å². The largest absolute Gasteiger partial charge is 0.496 e. The smallest absolute Gasteiger partial charge is 0.128 e. The number of ether oxygens (including phenoxy) is 1. The van der Waals surface area contributed by atoms with Crippen LogP contribution < -0.4 is 4.74 Å². The predicted octanol–water partition coefficient (Wildman–Crippen LogP) is 3.66. The molecule has 1 aromatic heterocycles. The molecular weight excluding hydrogens is 234 g/mol. The molecule has 0 aromatic carbocycles. The van der Waals surface area contributed by atoms with E-state index in [1.165, 1.54) is 24.8 Å². The monoisotopic (exact) mass is 253 g/mol. The molecule has 2 rings (SSSR count). The summed E-state index contributed by atoms with van der Waals surface area (Å²) in [5.41, 5.74) is 3.71. The molecule has 1 saturated carbocycles. The standard InChI is InChI=1S/C14H20ClNO/c1-10-8-16-12(11(2)13(10)17-3)7-14(9-15)5-4-6-14/h8H,4-7,9H2,1-3H3. The molecule has 0 amide bonds. The van der Waals surface area contributed by atoms with Gasteiger partial charge in [-0.2, -0.15) is 0 Å². The number of alkyl halides is 1. The van der Waals surface area contributed by atoms with Gasteiger partial charge >= 0.3 is 0 Å². The van der Waals surface area contributed by atoms with Crippen molar-refractivity contribution in [1.82, 2.24) is 4.98 Å². The van der Waals surface area contributed by atoms with E-state index in [9.17, 15) is 0 Å². The highest BCUT2D eigenvalue weighted by molar-refractivity contribution is 6.18. The summed E-state index contributed by atoms with van der Waals surface area (Å²) >= 11 is 6.11. The van der Waals surface area contributed by atoms with Crippen molar-refractivity contribution in [2.45, 2.75) is 39.5 Å². The molecule has 17 heavy (non-hydrogen) atoms. The van der Waals surface area contributed by atoms with Gasteiger partial charge in [-0.25, -0.2) is 0 Å². The van der Waals surface area contributed by atoms with Crippen LogP contribution in [0.1, 0.15) is 36.1 Å². The first-order valence-corrected chi connectivity index (χ1v) is 6.70. The van der Waals surface area contributed by atoms with Gasteiger partial charge in [0.15, 0.2) is 0 Å². The Kier molecular flexibility index (Phi) is 3.62. The van der Waals surface area contributed by atoms with Crippen molar-refractivity contribution in [2.24, 2.45) is 5.41 Å². The molecule has 0 saturated heterocycles. The Morgan fingerprint density at radius 2 is 2.12 bits per heavy atom. The van der Waals surface area contributed by atoms with Gasteiger partial charge in [0.2, 0.25) is 0 Å². The summed E-state index contributed by atoms with van der Waals surface area (Å²) in [4.78, 5) is 4.56. The maximum atomic E-state index is 6.11. The summed E-state index contributed by atoms with van der Waals surface area (Å²) in [5, 5.41) is 0. The maximum Gasteiger partial charge on any atom is 0.128 e. The predicted molar refractivity (Wildman–Crippen MR) is 71.0 cm³/mol. The van der Waals surface area contributed by atoms with E-state index in [2.05, 4.69) is 11.9 Å². The average molecular weight is 254 g/mol. The average Bonchev–Trinajstić information content (AvgIpc) is 2.27. The second kappa shape index (κ2) is 4.85. The SMILES string of the molecule is COc1c(C)cnc(CC2(CCl)CCC2)c1C. The number of nitrogens with zero attached hydrogens (tertiary/aromatic N) is 1. The second-order valence-electron chi connectivity index (χ2n) is 5.21. The third kappa shape index (κ3) is 2.28. The van der Waals surface area contributed by atoms with Crippen LogP contribution in [0.5, 0.6) is 5.75 Å². The molecule has 0 bridgehead atoms. The maximum absolute atomic E-state index is 6.11. The zero-order chi connectivity index (χ0) is 12.5. The van der Waals surface area contributed by atoms with E-state index in [-0.39, 0.29) is 0 Å². The van der Waals surface area contributed by atoms with Crippen molar-refractivity contribution in [1.29, 1.82) is 0 Å². The summed E-state index contributed by atoms with van der Waals surface area (Å²) in [6.45, 7) is 4.12. The highest BCUT2D eigenvalue weighted by Crippen LogP contribution is 2.45. The molecule has 2 nitrogen and oxygen atoms in total. The van der Waals surface area contributed by atoms with E-state index in [1.54, 1.807) is 7.11 Å². The van der Waals surface area contributed by atoms with Gasteiger partial charge in [-0.15, -0.1) is 11.6 Å². The van der Waals surface area contributed by atoms with E-state index in [1.807, 2.05) is 13.1 Å². The van der Waals surface area contributed by atoms with Crippen LogP contribution in [0.4, 0.5) is 0 Å². The fraction of sp³-hybridized carbons (Fsp3) is 0.643. The Hall–Kier alpha value is -0.760. The Morgan fingerprint density at radius 1 is 1.41 bits per heavy atom. The Bertz CT molecular complexity index is 407. The number of methoxy groups -OCH3 is 1. The van der Waals surface area contributed by atoms with Gasteiger partial charge in [-0.1, -0.05) is 6.42 Å². The van der Waals surface area contributed by atoms with Gasteiger partial charge in [0.05, 0.1) is 7.11 Å². The van der Waals surface area contributed by atoms with Crippen molar-refractivity contribution in [3.8, 4) is 5.75 Å². The summed E-state index contributed by atoms with van der Waals surface area (Å²) in [6, 6.07) is 0. The second-order valence-corrected chi connectivity index (χ2v) is 5.48. The topological polar surface area (TPSA) is 22.1 Å². The normalized spacial score (nSPS) is 17.6. The van der Waals surface area contributed by atoms with E-state index in [4.69, 9.17) is 16.3 Å². The van der Waals surface area contributed by atoms with Crippen LogP contribution in [0.3, 0.4) is 0 Å². The Labute approximate surface area is 108 Å². The number of pyridine rings is 1. The summed E-state index contributed by atoms with van der Waals surface area (Å²) < 4.78 is 5.44. The molecule has 0 spiro atoms. The summed E-state index contributed by atoms with van der Waals surface area (Å²) in [6.07, 6.45) is 6.65. The minimum Gasteiger partial charge on any atom is -0.496 e. The van der Waals surface area contributed by atoms with Crippen LogP contribution >= 0.6 is 11.6 Å². The molecule has 0 N–H and O–H groups in total. The van der Waals surface area contributed by atoms with Gasteiger partial charge in [0, 0.05) is 28.9 Å². The molecule has 1 heterocycles. The van der Waals surface area contributed by atoms with Crippen LogP contribution in [0.2, 0.25) is 0 Å². The van der Waals surface area contributed by atoms with Crippen molar-refractivity contribution >= 4 is 11.6 Å². The van der Waals surface area contributed by atoms with Crippen molar-refractivity contribution in [3.05, 3.63) is 23.0 Å². The lowest BCUT2D eigenvalue weighted by molar-refractivity contribution is 0.164. The fourth-order valence-corrected chi connectivity index (χ4v) is 3.00. The zero-order valence-electron chi connectivity index (χ0n) is 10.8. The van der Waals surface area contributed by atoms with Crippen molar-refractivity contribution < 1.29 is 4.74 Å². The molecule has 94 valence electrons.